The Labute approximate surface area is 104 Å². The quantitative estimate of drug-likeness (QED) is 0.473. The lowest BCUT2D eigenvalue weighted by Crippen LogP contribution is -2.45. The van der Waals surface area contributed by atoms with Crippen LogP contribution in [0.5, 0.6) is 0 Å². The molecule has 0 spiro atoms. The highest BCUT2D eigenvalue weighted by Gasteiger charge is 2.21. The highest BCUT2D eigenvalue weighted by atomic mass is 16.6. The van der Waals surface area contributed by atoms with E-state index in [1.165, 1.54) is 10.9 Å². The molecule has 0 aliphatic heterocycles. The summed E-state index contributed by atoms with van der Waals surface area (Å²) in [5.74, 6) is 2.16. The smallest absolute Gasteiger partial charge is 0.307 e. The number of terminal acetylenes is 1. The molecule has 0 aliphatic carbocycles. The van der Waals surface area contributed by atoms with Gasteiger partial charge in [-0.15, -0.1) is 6.42 Å². The number of hydrogen-bond acceptors (Lipinski definition) is 4. The fourth-order valence-corrected chi connectivity index (χ4v) is 1.25. The summed E-state index contributed by atoms with van der Waals surface area (Å²) in [6.45, 7) is 3.49. The predicted octanol–water partition coefficient (Wildman–Crippen LogP) is 0.709. The van der Waals surface area contributed by atoms with Crippen molar-refractivity contribution in [3.05, 3.63) is 22.5 Å². The molecule has 1 amide bonds. The van der Waals surface area contributed by atoms with Crippen molar-refractivity contribution in [1.29, 1.82) is 0 Å². The molecule has 0 radical (unpaired) electrons. The van der Waals surface area contributed by atoms with Crippen molar-refractivity contribution in [2.75, 3.05) is 0 Å². The van der Waals surface area contributed by atoms with Gasteiger partial charge >= 0.3 is 5.69 Å². The van der Waals surface area contributed by atoms with Crippen molar-refractivity contribution >= 4 is 11.6 Å². The third-order valence-corrected chi connectivity index (χ3v) is 2.58. The number of nitro groups is 1. The maximum absolute atomic E-state index is 11.7. The monoisotopic (exact) mass is 250 g/mol. The van der Waals surface area contributed by atoms with E-state index in [9.17, 15) is 14.9 Å². The minimum Gasteiger partial charge on any atom is -0.338 e. The van der Waals surface area contributed by atoms with Gasteiger partial charge in [-0.25, -0.2) is 0 Å². The second kappa shape index (κ2) is 5.31. The molecule has 1 heterocycles. The fourth-order valence-electron chi connectivity index (χ4n) is 1.25. The highest BCUT2D eigenvalue weighted by molar-refractivity contribution is 5.77. The summed E-state index contributed by atoms with van der Waals surface area (Å²) in [4.78, 5) is 21.6. The molecule has 0 aliphatic rings. The van der Waals surface area contributed by atoms with E-state index in [-0.39, 0.29) is 18.1 Å². The molecule has 0 saturated heterocycles. The predicted molar refractivity (Wildman–Crippen MR) is 64.6 cm³/mol. The summed E-state index contributed by atoms with van der Waals surface area (Å²) in [6.07, 6.45) is 8.20. The van der Waals surface area contributed by atoms with Crippen LogP contribution in [0.1, 0.15) is 20.3 Å². The Hall–Kier alpha value is -2.36. The molecule has 96 valence electrons. The second-order valence-corrected chi connectivity index (χ2v) is 4.03. The molecular weight excluding hydrogens is 236 g/mol. The number of carbonyl (C=O) groups excluding carboxylic acids is 1. The Morgan fingerprint density at radius 3 is 2.89 bits per heavy atom. The van der Waals surface area contributed by atoms with Crippen LogP contribution in [0.2, 0.25) is 0 Å². The van der Waals surface area contributed by atoms with Crippen LogP contribution in [-0.4, -0.2) is 26.1 Å². The van der Waals surface area contributed by atoms with E-state index in [1.54, 1.807) is 6.92 Å². The molecule has 7 heteroatoms. The lowest BCUT2D eigenvalue weighted by atomic mass is 10.0. The van der Waals surface area contributed by atoms with Gasteiger partial charge in [0.25, 0.3) is 0 Å². The van der Waals surface area contributed by atoms with Crippen LogP contribution in [-0.2, 0) is 11.3 Å². The minimum atomic E-state index is -0.712. The lowest BCUT2D eigenvalue weighted by molar-refractivity contribution is -0.385. The van der Waals surface area contributed by atoms with Crippen LogP contribution in [0.3, 0.4) is 0 Å². The summed E-state index contributed by atoms with van der Waals surface area (Å²) in [6, 6.07) is 0. The van der Waals surface area contributed by atoms with Gasteiger partial charge in [0.2, 0.25) is 5.91 Å². The highest BCUT2D eigenvalue weighted by Crippen LogP contribution is 2.09. The average Bonchev–Trinajstić information content (AvgIpc) is 2.77. The Morgan fingerprint density at radius 2 is 2.44 bits per heavy atom. The van der Waals surface area contributed by atoms with Gasteiger partial charge < -0.3 is 5.32 Å². The molecule has 0 bridgehead atoms. The van der Waals surface area contributed by atoms with Gasteiger partial charge in [-0.1, -0.05) is 12.8 Å². The van der Waals surface area contributed by atoms with Gasteiger partial charge in [-0.05, 0) is 13.3 Å². The molecule has 1 aromatic heterocycles. The minimum absolute atomic E-state index is 0.106. The first-order valence-corrected chi connectivity index (χ1v) is 5.36. The van der Waals surface area contributed by atoms with Crippen LogP contribution in [0.4, 0.5) is 5.69 Å². The molecular formula is C11H14N4O3. The molecule has 1 N–H and O–H groups in total. The van der Waals surface area contributed by atoms with Crippen molar-refractivity contribution in [1.82, 2.24) is 15.1 Å². The van der Waals surface area contributed by atoms with Gasteiger partial charge in [-0.2, -0.15) is 5.10 Å². The van der Waals surface area contributed by atoms with Gasteiger partial charge in [-0.3, -0.25) is 19.6 Å². The number of rotatable bonds is 5. The Balaban J connectivity index is 2.65. The zero-order valence-corrected chi connectivity index (χ0v) is 10.2. The summed E-state index contributed by atoms with van der Waals surface area (Å²) in [7, 11) is 0. The Kier molecular flexibility index (Phi) is 4.05. The number of carbonyl (C=O) groups is 1. The molecule has 1 atom stereocenters. The summed E-state index contributed by atoms with van der Waals surface area (Å²) in [5.41, 5.74) is -0.867. The zero-order valence-electron chi connectivity index (χ0n) is 10.2. The third kappa shape index (κ3) is 3.31. The topological polar surface area (TPSA) is 90.1 Å². The van der Waals surface area contributed by atoms with Crippen LogP contribution in [0.25, 0.3) is 0 Å². The van der Waals surface area contributed by atoms with Gasteiger partial charge in [0.1, 0.15) is 18.9 Å². The lowest BCUT2D eigenvalue weighted by Gasteiger charge is -2.23. The van der Waals surface area contributed by atoms with E-state index >= 15 is 0 Å². The van der Waals surface area contributed by atoms with Crippen LogP contribution >= 0.6 is 0 Å². The van der Waals surface area contributed by atoms with Crippen molar-refractivity contribution in [2.24, 2.45) is 0 Å². The Bertz CT molecular complexity index is 503. The summed E-state index contributed by atoms with van der Waals surface area (Å²) in [5, 5.41) is 16.8. The van der Waals surface area contributed by atoms with Crippen LogP contribution < -0.4 is 5.32 Å². The van der Waals surface area contributed by atoms with Crippen LogP contribution in [0.15, 0.2) is 12.4 Å². The molecule has 1 aromatic rings. The fraction of sp³-hybridized carbons (Fsp3) is 0.455. The SMILES string of the molecule is C#C[C@@](C)(CC)NC(=O)Cn1cc([N+](=O)[O-])cn1. The molecule has 0 aromatic carbocycles. The average molecular weight is 250 g/mol. The van der Waals surface area contributed by atoms with E-state index in [0.29, 0.717) is 6.42 Å². The normalized spacial score (nSPS) is 13.4. The van der Waals surface area contributed by atoms with Crippen molar-refractivity contribution < 1.29 is 9.72 Å². The molecule has 18 heavy (non-hydrogen) atoms. The largest absolute Gasteiger partial charge is 0.338 e. The molecule has 7 nitrogen and oxygen atoms in total. The van der Waals surface area contributed by atoms with Crippen molar-refractivity contribution in [3.63, 3.8) is 0 Å². The van der Waals surface area contributed by atoms with E-state index in [1.807, 2.05) is 6.92 Å². The number of aromatic nitrogens is 2. The van der Waals surface area contributed by atoms with E-state index < -0.39 is 10.5 Å². The number of amides is 1. The van der Waals surface area contributed by atoms with E-state index in [4.69, 9.17) is 6.42 Å². The number of nitrogens with zero attached hydrogens (tertiary/aromatic N) is 3. The second-order valence-electron chi connectivity index (χ2n) is 4.03. The maximum atomic E-state index is 11.7. The van der Waals surface area contributed by atoms with Crippen LogP contribution in [0, 0.1) is 22.5 Å². The first kappa shape index (κ1) is 13.7. The summed E-state index contributed by atoms with van der Waals surface area (Å²) >= 11 is 0. The van der Waals surface area contributed by atoms with Gasteiger partial charge in [0.15, 0.2) is 0 Å². The number of nitrogens with one attached hydrogen (secondary N) is 1. The van der Waals surface area contributed by atoms with E-state index in [2.05, 4.69) is 16.3 Å². The van der Waals surface area contributed by atoms with Crippen molar-refractivity contribution in [2.45, 2.75) is 32.4 Å². The molecule has 0 fully saturated rings. The van der Waals surface area contributed by atoms with E-state index in [0.717, 1.165) is 6.20 Å². The van der Waals surface area contributed by atoms with Gasteiger partial charge in [0, 0.05) is 0 Å². The maximum Gasteiger partial charge on any atom is 0.307 e. The molecule has 0 saturated carbocycles. The standard InChI is InChI=1S/C11H14N4O3/c1-4-11(3,5-2)13-10(16)8-14-7-9(6-12-14)15(17)18/h1,6-7H,5,8H2,2-3H3,(H,13,16)/t11-/m0/s1. The summed E-state index contributed by atoms with van der Waals surface area (Å²) < 4.78 is 1.19. The molecule has 1 rings (SSSR count). The van der Waals surface area contributed by atoms with Crippen molar-refractivity contribution in [3.8, 4) is 12.3 Å². The third-order valence-electron chi connectivity index (χ3n) is 2.58. The Morgan fingerprint density at radius 1 is 1.78 bits per heavy atom. The number of hydrogen-bond donors (Lipinski definition) is 1. The zero-order chi connectivity index (χ0) is 13.8. The first-order valence-electron chi connectivity index (χ1n) is 5.36. The first-order chi connectivity index (χ1) is 8.40. The molecule has 0 unspecified atom stereocenters. The van der Waals surface area contributed by atoms with Gasteiger partial charge in [0.05, 0.1) is 10.5 Å².